The van der Waals surface area contributed by atoms with Crippen molar-refractivity contribution < 1.29 is 14.7 Å². The van der Waals surface area contributed by atoms with Crippen LogP contribution < -0.4 is 4.90 Å². The molecule has 1 atom stereocenters. The molecule has 1 heterocycles. The predicted octanol–water partition coefficient (Wildman–Crippen LogP) is 5.83. The van der Waals surface area contributed by atoms with Crippen LogP contribution in [-0.2, 0) is 6.42 Å². The van der Waals surface area contributed by atoms with Gasteiger partial charge in [-0.25, -0.2) is 14.5 Å². The van der Waals surface area contributed by atoms with Crippen molar-refractivity contribution in [3.63, 3.8) is 0 Å². The van der Waals surface area contributed by atoms with E-state index in [-0.39, 0.29) is 0 Å². The maximum Gasteiger partial charge on any atom is 0.416 e. The van der Waals surface area contributed by atoms with Crippen molar-refractivity contribution in [3.05, 3.63) is 75.4 Å². The van der Waals surface area contributed by atoms with Crippen molar-refractivity contribution in [2.45, 2.75) is 31.2 Å². The van der Waals surface area contributed by atoms with Crippen molar-refractivity contribution in [2.75, 3.05) is 4.90 Å². The van der Waals surface area contributed by atoms with Crippen LogP contribution in [0.25, 0.3) is 0 Å². The van der Waals surface area contributed by atoms with Gasteiger partial charge in [0.15, 0.2) is 0 Å². The van der Waals surface area contributed by atoms with Crippen LogP contribution in [0.1, 0.15) is 30.4 Å². The van der Waals surface area contributed by atoms with Crippen LogP contribution in [-0.4, -0.2) is 27.7 Å². The monoisotopic (exact) mass is 441 g/mol. The number of nitrogens with zero attached hydrogens (tertiary/aromatic N) is 3. The van der Waals surface area contributed by atoms with Gasteiger partial charge in [0.2, 0.25) is 0 Å². The second kappa shape index (κ2) is 7.67. The highest BCUT2D eigenvalue weighted by Gasteiger charge is 2.57. The summed E-state index contributed by atoms with van der Waals surface area (Å²) < 4.78 is 0. The van der Waals surface area contributed by atoms with Gasteiger partial charge in [-0.2, -0.15) is 5.26 Å². The summed E-state index contributed by atoms with van der Waals surface area (Å²) in [6.45, 7) is 0. The van der Waals surface area contributed by atoms with E-state index >= 15 is 0 Å². The summed E-state index contributed by atoms with van der Waals surface area (Å²) in [5.41, 5.74) is 1.36. The number of fused-ring (bicyclic) bond motifs is 1. The van der Waals surface area contributed by atoms with Gasteiger partial charge in [-0.05, 0) is 55.2 Å². The summed E-state index contributed by atoms with van der Waals surface area (Å²) in [4.78, 5) is 27.9. The molecule has 1 fully saturated rings. The third-order valence-electron chi connectivity index (χ3n) is 5.54. The maximum absolute atomic E-state index is 13.3. The molecule has 4 rings (SSSR count). The number of carbonyl (C=O) groups excluding carboxylic acids is 1. The molecule has 3 amide bonds. The van der Waals surface area contributed by atoms with E-state index in [9.17, 15) is 14.7 Å². The average Bonchev–Trinajstić information content (AvgIpc) is 2.95. The largest absolute Gasteiger partial charge is 0.465 e. The number of halogens is 2. The van der Waals surface area contributed by atoms with Gasteiger partial charge in [0.05, 0.1) is 23.0 Å². The van der Waals surface area contributed by atoms with E-state index in [1.165, 1.54) is 4.90 Å². The van der Waals surface area contributed by atoms with E-state index in [4.69, 9.17) is 28.5 Å². The number of anilines is 1. The Bertz CT molecular complexity index is 1090. The van der Waals surface area contributed by atoms with E-state index in [2.05, 4.69) is 6.07 Å². The predicted molar refractivity (Wildman–Crippen MR) is 114 cm³/mol. The van der Waals surface area contributed by atoms with Crippen LogP contribution in [0, 0.1) is 11.3 Å². The minimum absolute atomic E-state index is 0.313. The first kappa shape index (κ1) is 20.3. The van der Waals surface area contributed by atoms with Crippen molar-refractivity contribution in [1.29, 1.82) is 5.26 Å². The van der Waals surface area contributed by atoms with Crippen LogP contribution in [0.2, 0.25) is 10.0 Å². The quantitative estimate of drug-likeness (QED) is 0.648. The van der Waals surface area contributed by atoms with Crippen molar-refractivity contribution >= 4 is 41.0 Å². The van der Waals surface area contributed by atoms with Crippen molar-refractivity contribution in [2.24, 2.45) is 0 Å². The van der Waals surface area contributed by atoms with Gasteiger partial charge in [0, 0.05) is 16.5 Å². The summed E-state index contributed by atoms with van der Waals surface area (Å²) in [6.07, 6.45) is 2.91. The van der Waals surface area contributed by atoms with Crippen LogP contribution in [0.5, 0.6) is 0 Å². The Morgan fingerprint density at radius 3 is 2.43 bits per heavy atom. The molecule has 6 nitrogen and oxygen atoms in total. The minimum Gasteiger partial charge on any atom is -0.465 e. The number of amides is 3. The lowest BCUT2D eigenvalue weighted by atomic mass is 9.79. The Morgan fingerprint density at radius 2 is 1.83 bits per heavy atom. The van der Waals surface area contributed by atoms with Gasteiger partial charge in [-0.3, -0.25) is 4.90 Å². The molecular weight excluding hydrogens is 425 g/mol. The van der Waals surface area contributed by atoms with Gasteiger partial charge >= 0.3 is 12.1 Å². The van der Waals surface area contributed by atoms with Gasteiger partial charge in [-0.1, -0.05) is 41.4 Å². The molecule has 0 spiro atoms. The lowest BCUT2D eigenvalue weighted by molar-refractivity contribution is 0.117. The van der Waals surface area contributed by atoms with Crippen molar-refractivity contribution in [3.8, 4) is 6.07 Å². The second-order valence-electron chi connectivity index (χ2n) is 7.36. The van der Waals surface area contributed by atoms with E-state index in [0.29, 0.717) is 39.8 Å². The lowest BCUT2D eigenvalue weighted by Gasteiger charge is -2.38. The molecule has 2 aromatic rings. The van der Waals surface area contributed by atoms with Gasteiger partial charge in [0.25, 0.3) is 0 Å². The van der Waals surface area contributed by atoms with E-state index < -0.39 is 17.7 Å². The van der Waals surface area contributed by atoms with Gasteiger partial charge in [-0.15, -0.1) is 0 Å². The fourth-order valence-corrected chi connectivity index (χ4v) is 4.85. The average molecular weight is 442 g/mol. The summed E-state index contributed by atoms with van der Waals surface area (Å²) in [5.74, 6) is 0. The summed E-state index contributed by atoms with van der Waals surface area (Å²) in [5, 5.41) is 19.7. The zero-order chi connectivity index (χ0) is 21.5. The first-order valence-corrected chi connectivity index (χ1v) is 10.1. The summed E-state index contributed by atoms with van der Waals surface area (Å²) in [7, 11) is 0. The Balaban J connectivity index is 1.85. The number of nitriles is 1. The van der Waals surface area contributed by atoms with E-state index in [0.717, 1.165) is 23.3 Å². The molecule has 0 aromatic heterocycles. The van der Waals surface area contributed by atoms with E-state index in [1.54, 1.807) is 42.5 Å². The number of hydrogen-bond donors (Lipinski definition) is 1. The Labute approximate surface area is 183 Å². The molecule has 152 valence electrons. The van der Waals surface area contributed by atoms with Gasteiger partial charge < -0.3 is 5.11 Å². The molecule has 1 unspecified atom stereocenters. The first-order chi connectivity index (χ1) is 14.4. The number of rotatable bonds is 3. The van der Waals surface area contributed by atoms with Crippen LogP contribution >= 0.6 is 23.2 Å². The Morgan fingerprint density at radius 1 is 1.17 bits per heavy atom. The number of carbonyl (C=O) groups is 2. The highest BCUT2D eigenvalue weighted by atomic mass is 35.5. The number of imide groups is 1. The maximum atomic E-state index is 13.3. The fourth-order valence-electron chi connectivity index (χ4n) is 4.34. The number of carboxylic acid groups (broad SMARTS) is 1. The molecule has 1 N–H and O–H groups in total. The fraction of sp³-hybridized carbons (Fsp3) is 0.227. The molecule has 1 aliphatic heterocycles. The normalized spacial score (nSPS) is 20.6. The molecule has 0 saturated carbocycles. The SMILES string of the molecule is N#Cc1ccc(CC23CCCC=C2N(c2cc(Cl)cc(Cl)c2)C(=O)N3C(=O)O)cc1. The second-order valence-corrected chi connectivity index (χ2v) is 8.24. The first-order valence-electron chi connectivity index (χ1n) is 9.39. The molecular formula is C22H17Cl2N3O3. The molecule has 8 heteroatoms. The highest BCUT2D eigenvalue weighted by Crippen LogP contribution is 2.47. The highest BCUT2D eigenvalue weighted by molar-refractivity contribution is 6.35. The standard InChI is InChI=1S/C22H17Cl2N3O3/c23-16-9-17(24)11-18(10-16)26-19-3-1-2-8-22(19,27(20(26)28)21(29)30)12-14-4-6-15(13-25)7-5-14/h3-7,9-11H,1-2,8,12H2,(H,29,30). The van der Waals surface area contributed by atoms with Crippen LogP contribution in [0.15, 0.2) is 54.2 Å². The lowest BCUT2D eigenvalue weighted by Crippen LogP contribution is -2.51. The smallest absolute Gasteiger partial charge is 0.416 e. The number of urea groups is 1. The van der Waals surface area contributed by atoms with Gasteiger partial charge in [0.1, 0.15) is 5.54 Å². The van der Waals surface area contributed by atoms with Crippen LogP contribution in [0.4, 0.5) is 15.3 Å². The topological polar surface area (TPSA) is 84.6 Å². The number of hydrogen-bond acceptors (Lipinski definition) is 3. The molecule has 1 saturated heterocycles. The number of allylic oxidation sites excluding steroid dienone is 1. The molecule has 0 bridgehead atoms. The van der Waals surface area contributed by atoms with E-state index in [1.807, 2.05) is 6.08 Å². The summed E-state index contributed by atoms with van der Waals surface area (Å²) >= 11 is 12.3. The third-order valence-corrected chi connectivity index (χ3v) is 5.97. The zero-order valence-electron chi connectivity index (χ0n) is 15.8. The Hall–Kier alpha value is -3.01. The number of benzene rings is 2. The molecule has 30 heavy (non-hydrogen) atoms. The molecule has 0 radical (unpaired) electrons. The van der Waals surface area contributed by atoms with Crippen molar-refractivity contribution in [1.82, 2.24) is 4.90 Å². The minimum atomic E-state index is -1.31. The molecule has 1 aliphatic carbocycles. The molecule has 2 aromatic carbocycles. The summed E-state index contributed by atoms with van der Waals surface area (Å²) in [6, 6.07) is 13.1. The van der Waals surface area contributed by atoms with Crippen LogP contribution in [0.3, 0.4) is 0 Å². The zero-order valence-corrected chi connectivity index (χ0v) is 17.3. The third kappa shape index (κ3) is 3.30. The molecule has 2 aliphatic rings. The Kier molecular flexibility index (Phi) is 5.19.